The lowest BCUT2D eigenvalue weighted by Crippen LogP contribution is -2.30. The first-order valence-corrected chi connectivity index (χ1v) is 7.01. The van der Waals surface area contributed by atoms with E-state index in [9.17, 15) is 0 Å². The van der Waals surface area contributed by atoms with E-state index in [1.165, 1.54) is 23.1 Å². The van der Waals surface area contributed by atoms with Crippen molar-refractivity contribution in [1.82, 2.24) is 9.88 Å². The molecule has 86 valence electrons. The second-order valence-electron chi connectivity index (χ2n) is 3.22. The van der Waals surface area contributed by atoms with E-state index < -0.39 is 0 Å². The summed E-state index contributed by atoms with van der Waals surface area (Å²) in [4.78, 5) is 11.5. The largest absolute Gasteiger partial charge is 0.354 e. The van der Waals surface area contributed by atoms with E-state index in [2.05, 4.69) is 21.8 Å². The molecule has 0 atom stereocenters. The van der Waals surface area contributed by atoms with Gasteiger partial charge in [0.15, 0.2) is 9.63 Å². The Morgan fingerprint density at radius 1 is 1.62 bits per heavy atom. The molecular weight excluding hydrogens is 264 g/mol. The van der Waals surface area contributed by atoms with Crippen molar-refractivity contribution in [3.05, 3.63) is 15.5 Å². The molecule has 4 nitrogen and oxygen atoms in total. The van der Waals surface area contributed by atoms with Gasteiger partial charge in [-0.2, -0.15) is 0 Å². The van der Waals surface area contributed by atoms with Gasteiger partial charge in [-0.3, -0.25) is 5.41 Å². The lowest BCUT2D eigenvalue weighted by molar-refractivity contribution is 0.438. The highest BCUT2D eigenvalue weighted by molar-refractivity contribution is 8.14. The first kappa shape index (κ1) is 11.9. The second-order valence-corrected chi connectivity index (χ2v) is 5.88. The van der Waals surface area contributed by atoms with Gasteiger partial charge in [-0.05, 0) is 6.92 Å². The van der Waals surface area contributed by atoms with Crippen LogP contribution in [0.4, 0.5) is 0 Å². The summed E-state index contributed by atoms with van der Waals surface area (Å²) in [6.45, 7) is 3.73. The van der Waals surface area contributed by atoms with Crippen LogP contribution in [0.2, 0.25) is 4.47 Å². The molecule has 1 aliphatic rings. The van der Waals surface area contributed by atoms with Crippen LogP contribution in [0.5, 0.6) is 0 Å². The van der Waals surface area contributed by atoms with Crippen LogP contribution in [0.1, 0.15) is 11.8 Å². The van der Waals surface area contributed by atoms with E-state index in [0.29, 0.717) is 9.63 Å². The van der Waals surface area contributed by atoms with Crippen molar-refractivity contribution in [3.8, 4) is 0 Å². The molecule has 0 unspecified atom stereocenters. The normalized spacial score (nSPS) is 15.4. The third-order valence-corrected chi connectivity index (χ3v) is 4.05. The molecule has 1 aliphatic heterocycles. The number of thioether (sulfide) groups is 1. The van der Waals surface area contributed by atoms with Gasteiger partial charge in [-0.15, -0.1) is 11.3 Å². The van der Waals surface area contributed by atoms with Gasteiger partial charge in [0.1, 0.15) is 5.84 Å². The van der Waals surface area contributed by atoms with Gasteiger partial charge >= 0.3 is 0 Å². The van der Waals surface area contributed by atoms with E-state index in [-0.39, 0.29) is 0 Å². The minimum atomic E-state index is 0.399. The Balaban J connectivity index is 2.06. The van der Waals surface area contributed by atoms with E-state index in [4.69, 9.17) is 17.0 Å². The molecule has 0 spiro atoms. The van der Waals surface area contributed by atoms with E-state index in [1.807, 2.05) is 0 Å². The fourth-order valence-corrected chi connectivity index (χ4v) is 3.08. The van der Waals surface area contributed by atoms with Gasteiger partial charge in [0, 0.05) is 17.6 Å². The lowest BCUT2D eigenvalue weighted by Gasteiger charge is -2.20. The molecule has 0 aliphatic carbocycles. The van der Waals surface area contributed by atoms with Crippen LogP contribution in [0, 0.1) is 5.41 Å². The summed E-state index contributed by atoms with van der Waals surface area (Å²) >= 11 is 8.74. The Bertz CT molecular complexity index is 429. The molecule has 16 heavy (non-hydrogen) atoms. The molecule has 0 radical (unpaired) electrons. The van der Waals surface area contributed by atoms with Crippen LogP contribution in [-0.2, 0) is 6.54 Å². The number of hydrogen-bond donors (Lipinski definition) is 1. The summed E-state index contributed by atoms with van der Waals surface area (Å²) in [5, 5.41) is 7.85. The van der Waals surface area contributed by atoms with Crippen molar-refractivity contribution >= 4 is 45.7 Å². The highest BCUT2D eigenvalue weighted by Crippen LogP contribution is 2.21. The molecule has 2 heterocycles. The topological polar surface area (TPSA) is 52.3 Å². The van der Waals surface area contributed by atoms with Gasteiger partial charge in [-0.1, -0.05) is 23.4 Å². The first-order chi connectivity index (χ1) is 7.69. The number of halogens is 1. The Morgan fingerprint density at radius 3 is 2.94 bits per heavy atom. The fraction of sp³-hybridized carbons (Fsp3) is 0.444. The fourth-order valence-electron chi connectivity index (χ4n) is 1.41. The van der Waals surface area contributed by atoms with E-state index in [1.54, 1.807) is 6.20 Å². The maximum absolute atomic E-state index is 7.45. The number of thiazole rings is 1. The van der Waals surface area contributed by atoms with E-state index in [0.717, 1.165) is 29.6 Å². The number of aromatic nitrogens is 1. The van der Waals surface area contributed by atoms with Gasteiger partial charge in [0.25, 0.3) is 0 Å². The van der Waals surface area contributed by atoms with Crippen LogP contribution < -0.4 is 0 Å². The standard InChI is InChI=1S/C9H11ClN4S2/c1-2-14(7-5-15-9(11)13-7)4-6-3-12-8(10)16-6/h3,11H,2,4-5H2,1H3. The average molecular weight is 275 g/mol. The highest BCUT2D eigenvalue weighted by Gasteiger charge is 2.18. The number of nitrogens with zero attached hydrogens (tertiary/aromatic N) is 3. The van der Waals surface area contributed by atoms with Gasteiger partial charge in [0.2, 0.25) is 0 Å². The van der Waals surface area contributed by atoms with Crippen LogP contribution in [0.25, 0.3) is 0 Å². The molecule has 0 saturated heterocycles. The summed E-state index contributed by atoms with van der Waals surface area (Å²) < 4.78 is 0.571. The monoisotopic (exact) mass is 274 g/mol. The molecule has 1 aromatic rings. The summed E-state index contributed by atoms with van der Waals surface area (Å²) in [6.07, 6.45) is 1.80. The number of aliphatic imine (C=N–C) groups is 1. The Morgan fingerprint density at radius 2 is 2.44 bits per heavy atom. The zero-order valence-electron chi connectivity index (χ0n) is 8.73. The molecule has 0 aromatic carbocycles. The van der Waals surface area contributed by atoms with Crippen molar-refractivity contribution in [1.29, 1.82) is 5.41 Å². The lowest BCUT2D eigenvalue weighted by atomic mass is 10.4. The number of hydrogen-bond acceptors (Lipinski definition) is 5. The zero-order valence-corrected chi connectivity index (χ0v) is 11.1. The Hall–Kier alpha value is -0.590. The summed E-state index contributed by atoms with van der Waals surface area (Å²) in [5.41, 5.74) is 0. The third-order valence-electron chi connectivity index (χ3n) is 2.19. The number of rotatable bonds is 3. The number of nitrogens with one attached hydrogen (secondary N) is 1. The maximum atomic E-state index is 7.45. The Labute approximate surface area is 107 Å². The molecule has 1 N–H and O–H groups in total. The molecule has 0 amide bonds. The first-order valence-electron chi connectivity index (χ1n) is 4.83. The van der Waals surface area contributed by atoms with Gasteiger partial charge < -0.3 is 4.90 Å². The highest BCUT2D eigenvalue weighted by atomic mass is 35.5. The molecule has 0 fully saturated rings. The van der Waals surface area contributed by atoms with Crippen molar-refractivity contribution in [2.75, 3.05) is 12.3 Å². The molecule has 0 saturated carbocycles. The van der Waals surface area contributed by atoms with Crippen molar-refractivity contribution in [2.24, 2.45) is 4.99 Å². The minimum absolute atomic E-state index is 0.399. The molecule has 7 heteroatoms. The van der Waals surface area contributed by atoms with Crippen molar-refractivity contribution < 1.29 is 0 Å². The van der Waals surface area contributed by atoms with Gasteiger partial charge in [-0.25, -0.2) is 9.98 Å². The van der Waals surface area contributed by atoms with Crippen LogP contribution >= 0.6 is 34.7 Å². The van der Waals surface area contributed by atoms with Crippen LogP contribution in [0.3, 0.4) is 0 Å². The predicted molar refractivity (Wildman–Crippen MR) is 70.8 cm³/mol. The number of amidine groups is 2. The second kappa shape index (κ2) is 5.16. The zero-order chi connectivity index (χ0) is 11.5. The third kappa shape index (κ3) is 2.75. The van der Waals surface area contributed by atoms with Crippen molar-refractivity contribution in [3.63, 3.8) is 0 Å². The summed E-state index contributed by atoms with van der Waals surface area (Å²) in [7, 11) is 0. The summed E-state index contributed by atoms with van der Waals surface area (Å²) in [6, 6.07) is 0. The predicted octanol–water partition coefficient (Wildman–Crippen LogP) is 2.70. The molecule has 1 aromatic heterocycles. The SMILES string of the molecule is CCN(Cc1cnc(Cl)s1)C1=NC(=N)SC1. The minimum Gasteiger partial charge on any atom is -0.354 e. The Kier molecular flexibility index (Phi) is 3.83. The summed E-state index contributed by atoms with van der Waals surface area (Å²) in [5.74, 6) is 1.76. The van der Waals surface area contributed by atoms with Crippen LogP contribution in [0.15, 0.2) is 11.2 Å². The average Bonchev–Trinajstić information content (AvgIpc) is 2.84. The maximum Gasteiger partial charge on any atom is 0.183 e. The molecule has 0 bridgehead atoms. The molecule has 2 rings (SSSR count). The van der Waals surface area contributed by atoms with Gasteiger partial charge in [0.05, 0.1) is 12.3 Å². The smallest absolute Gasteiger partial charge is 0.183 e. The quantitative estimate of drug-likeness (QED) is 0.922. The van der Waals surface area contributed by atoms with E-state index >= 15 is 0 Å². The molecular formula is C9H11ClN4S2. The van der Waals surface area contributed by atoms with Crippen LogP contribution in [-0.4, -0.2) is 33.2 Å². The van der Waals surface area contributed by atoms with Crippen molar-refractivity contribution in [2.45, 2.75) is 13.5 Å².